The molecule has 84 valence electrons. The third-order valence-corrected chi connectivity index (χ3v) is 3.63. The molecular formula is C11H19N3S. The maximum atomic E-state index is 4.57. The molecule has 1 N–H and O–H groups in total. The van der Waals surface area contributed by atoms with E-state index in [0.717, 1.165) is 23.9 Å². The number of rotatable bonds is 4. The van der Waals surface area contributed by atoms with Crippen LogP contribution in [0, 0.1) is 0 Å². The summed E-state index contributed by atoms with van der Waals surface area (Å²) in [7, 11) is 0. The van der Waals surface area contributed by atoms with Gasteiger partial charge < -0.3 is 5.32 Å². The van der Waals surface area contributed by atoms with Gasteiger partial charge in [0.15, 0.2) is 0 Å². The summed E-state index contributed by atoms with van der Waals surface area (Å²) in [6.07, 6.45) is 7.79. The second-order valence-electron chi connectivity index (χ2n) is 4.22. The molecule has 0 atom stereocenters. The molecule has 0 aliphatic heterocycles. The highest BCUT2D eigenvalue weighted by Gasteiger charge is 2.19. The molecule has 1 aliphatic rings. The normalized spacial score (nSPS) is 17.9. The second kappa shape index (κ2) is 5.45. The summed E-state index contributed by atoms with van der Waals surface area (Å²) in [5, 5.41) is 4.30. The fourth-order valence-corrected chi connectivity index (χ4v) is 2.74. The molecule has 15 heavy (non-hydrogen) atoms. The number of anilines is 1. The Balaban J connectivity index is 1.93. The van der Waals surface area contributed by atoms with Crippen LogP contribution in [-0.4, -0.2) is 15.9 Å². The number of hydrogen-bond acceptors (Lipinski definition) is 4. The molecule has 1 fully saturated rings. The van der Waals surface area contributed by atoms with Crippen LogP contribution in [0.1, 0.15) is 57.2 Å². The van der Waals surface area contributed by atoms with Crippen LogP contribution >= 0.6 is 11.5 Å². The van der Waals surface area contributed by atoms with Crippen LogP contribution in [0.4, 0.5) is 5.13 Å². The number of hydrogen-bond donors (Lipinski definition) is 1. The quantitative estimate of drug-likeness (QED) is 0.853. The molecule has 0 saturated heterocycles. The molecule has 0 bridgehead atoms. The van der Waals surface area contributed by atoms with Gasteiger partial charge in [0.2, 0.25) is 5.13 Å². The predicted molar refractivity (Wildman–Crippen MR) is 64.5 cm³/mol. The monoisotopic (exact) mass is 225 g/mol. The fraction of sp³-hybridized carbons (Fsp3) is 0.818. The molecule has 2 rings (SSSR count). The SMILES string of the molecule is CCCNc1nc(C2CCCCC2)ns1. The van der Waals surface area contributed by atoms with Crippen molar-refractivity contribution in [3.63, 3.8) is 0 Å². The van der Waals surface area contributed by atoms with E-state index in [0.29, 0.717) is 5.92 Å². The van der Waals surface area contributed by atoms with Gasteiger partial charge in [-0.25, -0.2) is 4.98 Å². The Bertz CT molecular complexity index is 292. The van der Waals surface area contributed by atoms with Gasteiger partial charge in [-0.05, 0) is 19.3 Å². The zero-order valence-electron chi connectivity index (χ0n) is 9.33. The summed E-state index contributed by atoms with van der Waals surface area (Å²) in [5.74, 6) is 1.71. The van der Waals surface area contributed by atoms with Gasteiger partial charge in [-0.1, -0.05) is 26.2 Å². The van der Waals surface area contributed by atoms with Crippen molar-refractivity contribution in [2.75, 3.05) is 11.9 Å². The van der Waals surface area contributed by atoms with Gasteiger partial charge in [-0.3, -0.25) is 0 Å². The summed E-state index contributed by atoms with van der Waals surface area (Å²) in [5.41, 5.74) is 0. The lowest BCUT2D eigenvalue weighted by Crippen LogP contribution is -2.06. The lowest BCUT2D eigenvalue weighted by atomic mass is 9.89. The van der Waals surface area contributed by atoms with Crippen molar-refractivity contribution >= 4 is 16.7 Å². The summed E-state index contributed by atoms with van der Waals surface area (Å²) < 4.78 is 4.46. The van der Waals surface area contributed by atoms with E-state index in [1.807, 2.05) is 0 Å². The topological polar surface area (TPSA) is 37.8 Å². The molecule has 1 aromatic rings. The maximum absolute atomic E-state index is 4.57. The second-order valence-corrected chi connectivity index (χ2v) is 4.97. The van der Waals surface area contributed by atoms with Gasteiger partial charge in [0.05, 0.1) is 0 Å². The van der Waals surface area contributed by atoms with Gasteiger partial charge in [-0.2, -0.15) is 4.37 Å². The molecule has 3 nitrogen and oxygen atoms in total. The smallest absolute Gasteiger partial charge is 0.202 e. The van der Waals surface area contributed by atoms with Crippen molar-refractivity contribution in [2.24, 2.45) is 0 Å². The lowest BCUT2D eigenvalue weighted by molar-refractivity contribution is 0.432. The zero-order valence-corrected chi connectivity index (χ0v) is 10.1. The number of nitrogens with zero attached hydrogens (tertiary/aromatic N) is 2. The molecule has 1 saturated carbocycles. The standard InChI is InChI=1S/C11H19N3S/c1-2-8-12-11-13-10(14-15-11)9-6-4-3-5-7-9/h9H,2-8H2,1H3,(H,12,13,14). The van der Waals surface area contributed by atoms with Gasteiger partial charge in [0, 0.05) is 24.0 Å². The van der Waals surface area contributed by atoms with E-state index in [4.69, 9.17) is 0 Å². The van der Waals surface area contributed by atoms with Gasteiger partial charge >= 0.3 is 0 Å². The van der Waals surface area contributed by atoms with E-state index in [-0.39, 0.29) is 0 Å². The van der Waals surface area contributed by atoms with Crippen LogP contribution in [-0.2, 0) is 0 Å². The first kappa shape index (κ1) is 10.9. The first-order valence-electron chi connectivity index (χ1n) is 5.97. The Morgan fingerprint density at radius 1 is 1.33 bits per heavy atom. The number of nitrogens with one attached hydrogen (secondary N) is 1. The maximum Gasteiger partial charge on any atom is 0.202 e. The predicted octanol–water partition coefficient (Wildman–Crippen LogP) is 3.41. The van der Waals surface area contributed by atoms with Crippen LogP contribution in [0.5, 0.6) is 0 Å². The average molecular weight is 225 g/mol. The number of aromatic nitrogens is 2. The van der Waals surface area contributed by atoms with Crippen molar-refractivity contribution in [1.29, 1.82) is 0 Å². The van der Waals surface area contributed by atoms with Crippen LogP contribution in [0.15, 0.2) is 0 Å². The highest BCUT2D eigenvalue weighted by Crippen LogP contribution is 2.32. The summed E-state index contributed by atoms with van der Waals surface area (Å²) in [4.78, 5) is 4.57. The zero-order chi connectivity index (χ0) is 10.5. The minimum Gasteiger partial charge on any atom is -0.360 e. The average Bonchev–Trinajstić information content (AvgIpc) is 2.76. The van der Waals surface area contributed by atoms with Crippen LogP contribution in [0.3, 0.4) is 0 Å². The highest BCUT2D eigenvalue weighted by atomic mass is 32.1. The molecule has 1 heterocycles. The van der Waals surface area contributed by atoms with Crippen molar-refractivity contribution in [3.05, 3.63) is 5.82 Å². The Kier molecular flexibility index (Phi) is 3.94. The molecule has 0 amide bonds. The molecule has 0 unspecified atom stereocenters. The van der Waals surface area contributed by atoms with E-state index in [1.54, 1.807) is 0 Å². The molecule has 1 aromatic heterocycles. The molecule has 4 heteroatoms. The summed E-state index contributed by atoms with van der Waals surface area (Å²) in [6.45, 7) is 3.16. The summed E-state index contributed by atoms with van der Waals surface area (Å²) >= 11 is 1.51. The van der Waals surface area contributed by atoms with E-state index >= 15 is 0 Å². The Morgan fingerprint density at radius 2 is 2.13 bits per heavy atom. The molecule has 1 aliphatic carbocycles. The van der Waals surface area contributed by atoms with Gasteiger partial charge in [0.25, 0.3) is 0 Å². The first-order valence-corrected chi connectivity index (χ1v) is 6.75. The van der Waals surface area contributed by atoms with Crippen LogP contribution in [0.25, 0.3) is 0 Å². The van der Waals surface area contributed by atoms with Crippen molar-refractivity contribution < 1.29 is 0 Å². The highest BCUT2D eigenvalue weighted by molar-refractivity contribution is 7.09. The van der Waals surface area contributed by atoms with Gasteiger partial charge in [-0.15, -0.1) is 0 Å². The minimum absolute atomic E-state index is 0.632. The lowest BCUT2D eigenvalue weighted by Gasteiger charge is -2.18. The Labute approximate surface area is 95.5 Å². The molecule has 0 radical (unpaired) electrons. The molecular weight excluding hydrogens is 206 g/mol. The Morgan fingerprint density at radius 3 is 2.87 bits per heavy atom. The van der Waals surface area contributed by atoms with E-state index in [2.05, 4.69) is 21.6 Å². The molecule has 0 aromatic carbocycles. The third kappa shape index (κ3) is 2.91. The van der Waals surface area contributed by atoms with Crippen molar-refractivity contribution in [3.8, 4) is 0 Å². The van der Waals surface area contributed by atoms with Gasteiger partial charge in [0.1, 0.15) is 5.82 Å². The minimum atomic E-state index is 0.632. The van der Waals surface area contributed by atoms with Crippen molar-refractivity contribution in [2.45, 2.75) is 51.4 Å². The van der Waals surface area contributed by atoms with E-state index in [9.17, 15) is 0 Å². The first-order chi connectivity index (χ1) is 7.40. The van der Waals surface area contributed by atoms with E-state index in [1.165, 1.54) is 43.6 Å². The largest absolute Gasteiger partial charge is 0.360 e. The fourth-order valence-electron chi connectivity index (χ4n) is 2.07. The third-order valence-electron chi connectivity index (χ3n) is 2.94. The molecule has 0 spiro atoms. The Hall–Kier alpha value is -0.640. The summed E-state index contributed by atoms with van der Waals surface area (Å²) in [6, 6.07) is 0. The van der Waals surface area contributed by atoms with Crippen LogP contribution in [0.2, 0.25) is 0 Å². The van der Waals surface area contributed by atoms with E-state index < -0.39 is 0 Å². The van der Waals surface area contributed by atoms with Crippen LogP contribution < -0.4 is 5.32 Å². The van der Waals surface area contributed by atoms with Crippen molar-refractivity contribution in [1.82, 2.24) is 9.36 Å².